The van der Waals surface area contributed by atoms with Gasteiger partial charge in [0.05, 0.1) is 16.6 Å². The maximum atomic E-state index is 11.5. The Morgan fingerprint density at radius 3 is 2.60 bits per heavy atom. The highest BCUT2D eigenvalue weighted by Gasteiger charge is 2.32. The Bertz CT molecular complexity index is 668. The SMILES string of the molecule is CC(C)C(C)n1c(C2CC2)nc2cccc(C(=O)O)c21. The lowest BCUT2D eigenvalue weighted by molar-refractivity contribution is 0.0698. The molecule has 3 rings (SSSR count). The first-order valence-electron chi connectivity index (χ1n) is 7.24. The Balaban J connectivity index is 2.31. The van der Waals surface area contributed by atoms with Gasteiger partial charge in [-0.1, -0.05) is 19.9 Å². The van der Waals surface area contributed by atoms with Crippen LogP contribution in [0, 0.1) is 5.92 Å². The molecule has 0 bridgehead atoms. The molecular formula is C16H20N2O2. The molecule has 0 radical (unpaired) electrons. The number of carboxylic acids is 1. The van der Waals surface area contributed by atoms with Crippen molar-refractivity contribution in [1.29, 1.82) is 0 Å². The topological polar surface area (TPSA) is 55.1 Å². The number of imidazole rings is 1. The minimum Gasteiger partial charge on any atom is -0.478 e. The zero-order valence-electron chi connectivity index (χ0n) is 12.1. The highest BCUT2D eigenvalue weighted by Crippen LogP contribution is 2.43. The summed E-state index contributed by atoms with van der Waals surface area (Å²) in [6.45, 7) is 6.48. The van der Waals surface area contributed by atoms with Crippen LogP contribution in [-0.4, -0.2) is 20.6 Å². The van der Waals surface area contributed by atoms with Crippen molar-refractivity contribution in [3.8, 4) is 0 Å². The molecule has 1 unspecified atom stereocenters. The molecule has 4 nitrogen and oxygen atoms in total. The average Bonchev–Trinajstić information content (AvgIpc) is 3.17. The predicted molar refractivity (Wildman–Crippen MR) is 78.2 cm³/mol. The first kappa shape index (κ1) is 13.2. The monoisotopic (exact) mass is 272 g/mol. The molecule has 1 aromatic heterocycles. The van der Waals surface area contributed by atoms with Gasteiger partial charge in [0.1, 0.15) is 5.82 Å². The molecule has 2 aromatic rings. The second-order valence-electron chi connectivity index (χ2n) is 6.08. The van der Waals surface area contributed by atoms with Gasteiger partial charge in [-0.3, -0.25) is 0 Å². The molecule has 0 spiro atoms. The number of fused-ring (bicyclic) bond motifs is 1. The van der Waals surface area contributed by atoms with Crippen molar-refractivity contribution >= 4 is 17.0 Å². The van der Waals surface area contributed by atoms with Crippen LogP contribution in [0.1, 0.15) is 61.8 Å². The van der Waals surface area contributed by atoms with E-state index in [1.54, 1.807) is 12.1 Å². The molecule has 106 valence electrons. The second kappa shape index (κ2) is 4.62. The summed E-state index contributed by atoms with van der Waals surface area (Å²) in [7, 11) is 0. The van der Waals surface area contributed by atoms with Crippen LogP contribution < -0.4 is 0 Å². The summed E-state index contributed by atoms with van der Waals surface area (Å²) >= 11 is 0. The van der Waals surface area contributed by atoms with Crippen LogP contribution in [0.3, 0.4) is 0 Å². The van der Waals surface area contributed by atoms with Crippen LogP contribution >= 0.6 is 0 Å². The van der Waals surface area contributed by atoms with E-state index < -0.39 is 5.97 Å². The molecular weight excluding hydrogens is 252 g/mol. The van der Waals surface area contributed by atoms with Crippen molar-refractivity contribution in [2.75, 3.05) is 0 Å². The summed E-state index contributed by atoms with van der Waals surface area (Å²) in [4.78, 5) is 16.2. The highest BCUT2D eigenvalue weighted by atomic mass is 16.4. The number of carbonyl (C=O) groups is 1. The number of hydrogen-bond donors (Lipinski definition) is 1. The highest BCUT2D eigenvalue weighted by molar-refractivity contribution is 6.01. The van der Waals surface area contributed by atoms with E-state index in [2.05, 4.69) is 25.3 Å². The first-order valence-corrected chi connectivity index (χ1v) is 7.24. The Morgan fingerprint density at radius 2 is 2.05 bits per heavy atom. The fourth-order valence-electron chi connectivity index (χ4n) is 2.68. The minimum atomic E-state index is -0.880. The molecule has 1 aliphatic rings. The lowest BCUT2D eigenvalue weighted by Crippen LogP contribution is -2.15. The van der Waals surface area contributed by atoms with E-state index >= 15 is 0 Å². The van der Waals surface area contributed by atoms with E-state index in [1.165, 1.54) is 0 Å². The van der Waals surface area contributed by atoms with E-state index in [0.29, 0.717) is 17.4 Å². The largest absolute Gasteiger partial charge is 0.478 e. The van der Waals surface area contributed by atoms with E-state index in [4.69, 9.17) is 4.98 Å². The number of carboxylic acid groups (broad SMARTS) is 1. The fraction of sp³-hybridized carbons (Fsp3) is 0.500. The summed E-state index contributed by atoms with van der Waals surface area (Å²) < 4.78 is 2.17. The van der Waals surface area contributed by atoms with Gasteiger partial charge >= 0.3 is 5.97 Å². The number of benzene rings is 1. The molecule has 1 heterocycles. The summed E-state index contributed by atoms with van der Waals surface area (Å²) in [5.41, 5.74) is 1.94. The van der Waals surface area contributed by atoms with Gasteiger partial charge in [0.25, 0.3) is 0 Å². The van der Waals surface area contributed by atoms with Gasteiger partial charge in [0.2, 0.25) is 0 Å². The number of para-hydroxylation sites is 1. The minimum absolute atomic E-state index is 0.246. The zero-order chi connectivity index (χ0) is 14.4. The van der Waals surface area contributed by atoms with Crippen LogP contribution in [0.25, 0.3) is 11.0 Å². The number of aromatic nitrogens is 2. The fourth-order valence-corrected chi connectivity index (χ4v) is 2.68. The number of aromatic carboxylic acids is 1. The standard InChI is InChI=1S/C16H20N2O2/c1-9(2)10(3)18-14-12(16(19)20)5-4-6-13(14)17-15(18)11-7-8-11/h4-6,9-11H,7-8H2,1-3H3,(H,19,20). The van der Waals surface area contributed by atoms with Gasteiger partial charge in [-0.25, -0.2) is 9.78 Å². The molecule has 1 fully saturated rings. The zero-order valence-corrected chi connectivity index (χ0v) is 12.1. The third-order valence-electron chi connectivity index (χ3n) is 4.28. The lowest BCUT2D eigenvalue weighted by Gasteiger charge is -2.21. The second-order valence-corrected chi connectivity index (χ2v) is 6.08. The molecule has 1 aliphatic carbocycles. The van der Waals surface area contributed by atoms with Gasteiger partial charge in [-0.2, -0.15) is 0 Å². The molecule has 1 saturated carbocycles. The molecule has 1 N–H and O–H groups in total. The van der Waals surface area contributed by atoms with Gasteiger partial charge in [0, 0.05) is 12.0 Å². The van der Waals surface area contributed by atoms with Crippen molar-refractivity contribution in [1.82, 2.24) is 9.55 Å². The van der Waals surface area contributed by atoms with Crippen LogP contribution in [0.2, 0.25) is 0 Å². The van der Waals surface area contributed by atoms with Gasteiger partial charge < -0.3 is 9.67 Å². The number of nitrogens with zero attached hydrogens (tertiary/aromatic N) is 2. The molecule has 0 saturated heterocycles. The summed E-state index contributed by atoms with van der Waals surface area (Å²) in [5.74, 6) is 1.13. The van der Waals surface area contributed by atoms with Crippen LogP contribution in [0.4, 0.5) is 0 Å². The van der Waals surface area contributed by atoms with Crippen molar-refractivity contribution in [2.24, 2.45) is 5.92 Å². The molecule has 1 aromatic carbocycles. The van der Waals surface area contributed by atoms with Crippen molar-refractivity contribution in [3.63, 3.8) is 0 Å². The normalized spacial score (nSPS) is 16.8. The maximum Gasteiger partial charge on any atom is 0.337 e. The van der Waals surface area contributed by atoms with E-state index in [0.717, 1.165) is 29.7 Å². The molecule has 0 amide bonds. The Labute approximate surface area is 118 Å². The molecule has 20 heavy (non-hydrogen) atoms. The van der Waals surface area contributed by atoms with Gasteiger partial charge in [0.15, 0.2) is 0 Å². The van der Waals surface area contributed by atoms with Crippen molar-refractivity contribution < 1.29 is 9.90 Å². The third kappa shape index (κ3) is 1.99. The van der Waals surface area contributed by atoms with E-state index in [1.807, 2.05) is 6.07 Å². The van der Waals surface area contributed by atoms with Crippen molar-refractivity contribution in [2.45, 2.75) is 45.6 Å². The quantitative estimate of drug-likeness (QED) is 0.920. The Hall–Kier alpha value is -1.84. The van der Waals surface area contributed by atoms with E-state index in [-0.39, 0.29) is 6.04 Å². The summed E-state index contributed by atoms with van der Waals surface area (Å²) in [5, 5.41) is 9.45. The van der Waals surface area contributed by atoms with Crippen molar-refractivity contribution in [3.05, 3.63) is 29.6 Å². The summed E-state index contributed by atoms with van der Waals surface area (Å²) in [6.07, 6.45) is 2.33. The molecule has 1 atom stereocenters. The third-order valence-corrected chi connectivity index (χ3v) is 4.28. The van der Waals surface area contributed by atoms with E-state index in [9.17, 15) is 9.90 Å². The molecule has 4 heteroatoms. The predicted octanol–water partition coefficient (Wildman–Crippen LogP) is 3.83. The summed E-state index contributed by atoms with van der Waals surface area (Å²) in [6, 6.07) is 5.61. The van der Waals surface area contributed by atoms with Gasteiger partial charge in [-0.05, 0) is 37.8 Å². The molecule has 0 aliphatic heterocycles. The Kier molecular flexibility index (Phi) is 3.04. The van der Waals surface area contributed by atoms with Crippen LogP contribution in [0.5, 0.6) is 0 Å². The number of rotatable bonds is 4. The first-order chi connectivity index (χ1) is 9.50. The Morgan fingerprint density at radius 1 is 1.35 bits per heavy atom. The van der Waals surface area contributed by atoms with Crippen LogP contribution in [-0.2, 0) is 0 Å². The van der Waals surface area contributed by atoms with Crippen LogP contribution in [0.15, 0.2) is 18.2 Å². The van der Waals surface area contributed by atoms with Gasteiger partial charge in [-0.15, -0.1) is 0 Å². The smallest absolute Gasteiger partial charge is 0.337 e. The number of hydrogen-bond acceptors (Lipinski definition) is 2. The lowest BCUT2D eigenvalue weighted by atomic mass is 10.0. The average molecular weight is 272 g/mol. The maximum absolute atomic E-state index is 11.5.